The second-order valence-corrected chi connectivity index (χ2v) is 9.01. The van der Waals surface area contributed by atoms with Crippen LogP contribution < -0.4 is 19.9 Å². The minimum absolute atomic E-state index is 0.0592. The molecule has 196 valence electrons. The van der Waals surface area contributed by atoms with Crippen molar-refractivity contribution in [3.63, 3.8) is 0 Å². The fraction of sp³-hybridized carbons (Fsp3) is 0.250. The molecule has 0 radical (unpaired) electrons. The van der Waals surface area contributed by atoms with Gasteiger partial charge < -0.3 is 29.7 Å². The van der Waals surface area contributed by atoms with Crippen LogP contribution in [0.5, 0.6) is 17.2 Å². The molecule has 1 unspecified atom stereocenters. The Kier molecular flexibility index (Phi) is 6.87. The van der Waals surface area contributed by atoms with Crippen LogP contribution in [-0.4, -0.2) is 60.5 Å². The molecule has 1 fully saturated rings. The lowest BCUT2D eigenvalue weighted by Crippen LogP contribution is -2.50. The zero-order valence-corrected chi connectivity index (χ0v) is 20.7. The Morgan fingerprint density at radius 1 is 0.895 bits per heavy atom. The summed E-state index contributed by atoms with van der Waals surface area (Å²) in [7, 11) is 0. The number of rotatable bonds is 6. The first-order valence-electron chi connectivity index (χ1n) is 12.1. The van der Waals surface area contributed by atoms with Gasteiger partial charge in [-0.25, -0.2) is 4.39 Å². The largest absolute Gasteiger partial charge is 0.485 e. The number of halogens is 1. The van der Waals surface area contributed by atoms with E-state index in [0.29, 0.717) is 54.4 Å². The molecule has 10 heteroatoms. The molecule has 1 atom stereocenters. The minimum Gasteiger partial charge on any atom is -0.485 e. The number of carbonyl (C=O) groups is 3. The highest BCUT2D eigenvalue weighted by molar-refractivity contribution is 5.99. The molecule has 2 N–H and O–H groups in total. The van der Waals surface area contributed by atoms with E-state index in [1.807, 2.05) is 0 Å². The molecule has 2 heterocycles. The number of benzene rings is 3. The zero-order chi connectivity index (χ0) is 26.8. The van der Waals surface area contributed by atoms with Crippen LogP contribution in [0.25, 0.3) is 0 Å². The van der Waals surface area contributed by atoms with Gasteiger partial charge in [0.05, 0.1) is 11.1 Å². The van der Waals surface area contributed by atoms with Gasteiger partial charge in [0, 0.05) is 31.7 Å². The van der Waals surface area contributed by atoms with E-state index in [-0.39, 0.29) is 29.9 Å². The molecule has 0 saturated carbocycles. The minimum atomic E-state index is -0.800. The fourth-order valence-corrected chi connectivity index (χ4v) is 4.54. The average Bonchev–Trinajstić information content (AvgIpc) is 3.42. The quantitative estimate of drug-likeness (QED) is 0.535. The Bertz CT molecular complexity index is 1400. The first kappa shape index (κ1) is 25.1. The predicted molar refractivity (Wildman–Crippen MR) is 135 cm³/mol. The van der Waals surface area contributed by atoms with Crippen molar-refractivity contribution in [2.45, 2.75) is 13.0 Å². The summed E-state index contributed by atoms with van der Waals surface area (Å²) in [5.41, 5.74) is 6.91. The van der Waals surface area contributed by atoms with E-state index in [2.05, 4.69) is 0 Å². The SMILES string of the molecule is CC(Oc1ccc(F)cc1C(N)=O)c1cccc(C(=O)N2CCN(C(=O)c3cccc4c3OCO4)CC2)c1. The van der Waals surface area contributed by atoms with Crippen molar-refractivity contribution < 1.29 is 33.0 Å². The summed E-state index contributed by atoms with van der Waals surface area (Å²) in [5, 5.41) is 0. The Morgan fingerprint density at radius 3 is 2.34 bits per heavy atom. The number of ether oxygens (including phenoxy) is 3. The van der Waals surface area contributed by atoms with Crippen LogP contribution in [0.3, 0.4) is 0 Å². The van der Waals surface area contributed by atoms with Gasteiger partial charge in [0.15, 0.2) is 11.5 Å². The van der Waals surface area contributed by atoms with Gasteiger partial charge in [-0.3, -0.25) is 14.4 Å². The number of amides is 3. The molecule has 3 amide bonds. The number of para-hydroxylation sites is 1. The molecule has 0 aromatic heterocycles. The smallest absolute Gasteiger partial charge is 0.257 e. The molecule has 3 aromatic carbocycles. The second kappa shape index (κ2) is 10.4. The lowest BCUT2D eigenvalue weighted by Gasteiger charge is -2.35. The summed E-state index contributed by atoms with van der Waals surface area (Å²) in [6, 6.07) is 15.8. The third-order valence-electron chi connectivity index (χ3n) is 6.59. The standard InChI is InChI=1S/C28H26FN3O6/c1-17(38-23-9-8-20(29)15-22(23)26(30)33)18-4-2-5-19(14-18)27(34)31-10-12-32(13-11-31)28(35)21-6-3-7-24-25(21)37-16-36-24/h2-9,14-15,17H,10-13,16H2,1H3,(H2,30,33). The number of hydrogen-bond acceptors (Lipinski definition) is 6. The van der Waals surface area contributed by atoms with E-state index in [1.54, 1.807) is 59.2 Å². The molecule has 3 aromatic rings. The number of nitrogens with zero attached hydrogens (tertiary/aromatic N) is 2. The number of nitrogens with two attached hydrogens (primary N) is 1. The fourth-order valence-electron chi connectivity index (χ4n) is 4.54. The number of carbonyl (C=O) groups excluding carboxylic acids is 3. The number of hydrogen-bond donors (Lipinski definition) is 1. The van der Waals surface area contributed by atoms with Crippen molar-refractivity contribution in [1.29, 1.82) is 0 Å². The van der Waals surface area contributed by atoms with Crippen molar-refractivity contribution in [2.75, 3.05) is 33.0 Å². The highest BCUT2D eigenvalue weighted by Gasteiger charge is 2.29. The van der Waals surface area contributed by atoms with Gasteiger partial charge in [-0.05, 0) is 55.0 Å². The number of piperazine rings is 1. The van der Waals surface area contributed by atoms with Gasteiger partial charge in [-0.1, -0.05) is 18.2 Å². The Balaban J connectivity index is 1.24. The maximum atomic E-state index is 13.6. The van der Waals surface area contributed by atoms with Crippen LogP contribution in [-0.2, 0) is 0 Å². The second-order valence-electron chi connectivity index (χ2n) is 9.01. The molecular formula is C28H26FN3O6. The van der Waals surface area contributed by atoms with E-state index in [1.165, 1.54) is 12.1 Å². The van der Waals surface area contributed by atoms with Crippen molar-refractivity contribution in [2.24, 2.45) is 5.73 Å². The maximum absolute atomic E-state index is 13.6. The molecule has 2 aliphatic heterocycles. The molecular weight excluding hydrogens is 493 g/mol. The van der Waals surface area contributed by atoms with Crippen LogP contribution in [0.4, 0.5) is 4.39 Å². The van der Waals surface area contributed by atoms with Crippen molar-refractivity contribution in [3.05, 3.63) is 88.7 Å². The highest BCUT2D eigenvalue weighted by Crippen LogP contribution is 2.36. The van der Waals surface area contributed by atoms with Crippen molar-refractivity contribution in [3.8, 4) is 17.2 Å². The summed E-state index contributed by atoms with van der Waals surface area (Å²) < 4.78 is 30.3. The monoisotopic (exact) mass is 519 g/mol. The lowest BCUT2D eigenvalue weighted by atomic mass is 10.1. The first-order valence-corrected chi connectivity index (χ1v) is 12.1. The molecule has 9 nitrogen and oxygen atoms in total. The topological polar surface area (TPSA) is 111 Å². The average molecular weight is 520 g/mol. The van der Waals surface area contributed by atoms with Gasteiger partial charge in [0.25, 0.3) is 17.7 Å². The molecule has 0 aliphatic carbocycles. The van der Waals surface area contributed by atoms with Gasteiger partial charge >= 0.3 is 0 Å². The van der Waals surface area contributed by atoms with Crippen LogP contribution in [0.1, 0.15) is 49.7 Å². The van der Waals surface area contributed by atoms with E-state index in [9.17, 15) is 18.8 Å². The summed E-state index contributed by atoms with van der Waals surface area (Å²) in [4.78, 5) is 41.4. The first-order chi connectivity index (χ1) is 18.3. The van der Waals surface area contributed by atoms with E-state index >= 15 is 0 Å². The highest BCUT2D eigenvalue weighted by atomic mass is 19.1. The molecule has 2 aliphatic rings. The Hall–Kier alpha value is -4.60. The van der Waals surface area contributed by atoms with Crippen LogP contribution >= 0.6 is 0 Å². The molecule has 0 bridgehead atoms. The number of primary amides is 1. The lowest BCUT2D eigenvalue weighted by molar-refractivity contribution is 0.0533. The number of fused-ring (bicyclic) bond motifs is 1. The van der Waals surface area contributed by atoms with Crippen LogP contribution in [0.15, 0.2) is 60.7 Å². The zero-order valence-electron chi connectivity index (χ0n) is 20.7. The Labute approximate surface area is 218 Å². The molecule has 38 heavy (non-hydrogen) atoms. The van der Waals surface area contributed by atoms with Crippen LogP contribution in [0.2, 0.25) is 0 Å². The van der Waals surface area contributed by atoms with Crippen molar-refractivity contribution >= 4 is 17.7 Å². The van der Waals surface area contributed by atoms with Gasteiger partial charge in [0.2, 0.25) is 6.79 Å². The Morgan fingerprint density at radius 2 is 1.61 bits per heavy atom. The molecule has 0 spiro atoms. The van der Waals surface area contributed by atoms with Gasteiger partial charge in [-0.15, -0.1) is 0 Å². The van der Waals surface area contributed by atoms with E-state index < -0.39 is 17.8 Å². The van der Waals surface area contributed by atoms with E-state index in [0.717, 1.165) is 6.07 Å². The molecule has 5 rings (SSSR count). The summed E-state index contributed by atoms with van der Waals surface area (Å²) >= 11 is 0. The van der Waals surface area contributed by atoms with Gasteiger partial charge in [-0.2, -0.15) is 0 Å². The predicted octanol–water partition coefficient (Wildman–Crippen LogP) is 3.39. The van der Waals surface area contributed by atoms with E-state index in [4.69, 9.17) is 19.9 Å². The third-order valence-corrected chi connectivity index (χ3v) is 6.59. The van der Waals surface area contributed by atoms with Crippen LogP contribution in [0, 0.1) is 5.82 Å². The third kappa shape index (κ3) is 4.97. The van der Waals surface area contributed by atoms with Crippen molar-refractivity contribution in [1.82, 2.24) is 9.80 Å². The maximum Gasteiger partial charge on any atom is 0.257 e. The normalized spacial score (nSPS) is 15.2. The summed E-state index contributed by atoms with van der Waals surface area (Å²) in [5.74, 6) is -0.564. The summed E-state index contributed by atoms with van der Waals surface area (Å²) in [6.45, 7) is 3.37. The van der Waals surface area contributed by atoms with Gasteiger partial charge in [0.1, 0.15) is 17.7 Å². The molecule has 1 saturated heterocycles. The summed E-state index contributed by atoms with van der Waals surface area (Å²) in [6.07, 6.45) is -0.542.